The van der Waals surface area contributed by atoms with Crippen LogP contribution >= 0.6 is 12.8 Å². The smallest absolute Gasteiger partial charge is 0.417 e. The zero-order valence-corrected chi connectivity index (χ0v) is 13.5. The first kappa shape index (κ1) is 16.5. The topological polar surface area (TPSA) is 100.0 Å². The van der Waals surface area contributed by atoms with Crippen molar-refractivity contribution >= 4 is 18.9 Å². The predicted octanol–water partition coefficient (Wildman–Crippen LogP) is 2.39. The van der Waals surface area contributed by atoms with Crippen LogP contribution in [0.3, 0.4) is 0 Å². The molecule has 0 unspecified atom stereocenters. The van der Waals surface area contributed by atoms with E-state index in [4.69, 9.17) is 10.4 Å². The second-order valence-corrected chi connectivity index (χ2v) is 5.53. The minimum atomic E-state index is -1.21. The van der Waals surface area contributed by atoms with Gasteiger partial charge in [0, 0.05) is 18.5 Å². The number of rotatable bonds is 4. The van der Waals surface area contributed by atoms with E-state index < -0.39 is 11.9 Å². The SMILES string of the molecule is N#Cc1ccn(-c2ccc(-n3cc(CN(S)C(=O)O)nn3)cc2F)c1. The summed E-state index contributed by atoms with van der Waals surface area (Å²) in [5.41, 5.74) is 1.51. The van der Waals surface area contributed by atoms with Crippen molar-refractivity contribution in [1.82, 2.24) is 23.9 Å². The van der Waals surface area contributed by atoms with E-state index in [1.165, 1.54) is 27.7 Å². The number of aromatic nitrogens is 4. The third-order valence-electron chi connectivity index (χ3n) is 3.37. The van der Waals surface area contributed by atoms with E-state index in [1.54, 1.807) is 24.4 Å². The van der Waals surface area contributed by atoms with Crippen LogP contribution in [-0.2, 0) is 6.54 Å². The fraction of sp³-hybridized carbons (Fsp3) is 0.0667. The molecule has 0 spiro atoms. The van der Waals surface area contributed by atoms with Crippen LogP contribution in [0.1, 0.15) is 11.3 Å². The number of benzene rings is 1. The molecule has 25 heavy (non-hydrogen) atoms. The van der Waals surface area contributed by atoms with Crippen molar-refractivity contribution in [1.29, 1.82) is 5.26 Å². The first-order valence-electron chi connectivity index (χ1n) is 6.97. The molecular formula is C15H11FN6O2S. The highest BCUT2D eigenvalue weighted by atomic mass is 32.1. The maximum atomic E-state index is 14.4. The van der Waals surface area contributed by atoms with Gasteiger partial charge in [-0.1, -0.05) is 18.0 Å². The van der Waals surface area contributed by atoms with Crippen LogP contribution in [0, 0.1) is 17.1 Å². The molecule has 0 aliphatic heterocycles. The Morgan fingerprint density at radius 3 is 2.84 bits per heavy atom. The number of amides is 1. The number of carbonyl (C=O) groups is 1. The predicted molar refractivity (Wildman–Crippen MR) is 87.9 cm³/mol. The molecule has 3 aromatic rings. The minimum Gasteiger partial charge on any atom is -0.464 e. The Morgan fingerprint density at radius 1 is 1.40 bits per heavy atom. The Morgan fingerprint density at radius 2 is 2.20 bits per heavy atom. The number of hydrogen-bond acceptors (Lipinski definition) is 5. The Balaban J connectivity index is 1.85. The lowest BCUT2D eigenvalue weighted by Crippen LogP contribution is -2.18. The van der Waals surface area contributed by atoms with Gasteiger partial charge >= 0.3 is 6.09 Å². The molecule has 1 N–H and O–H groups in total. The molecule has 0 fully saturated rings. The normalized spacial score (nSPS) is 10.4. The summed E-state index contributed by atoms with van der Waals surface area (Å²) >= 11 is 3.78. The van der Waals surface area contributed by atoms with E-state index in [-0.39, 0.29) is 12.2 Å². The van der Waals surface area contributed by atoms with Crippen molar-refractivity contribution in [2.45, 2.75) is 6.54 Å². The fourth-order valence-electron chi connectivity index (χ4n) is 2.18. The van der Waals surface area contributed by atoms with Crippen LogP contribution in [0.2, 0.25) is 0 Å². The molecule has 0 radical (unpaired) electrons. The molecule has 126 valence electrons. The molecule has 0 atom stereocenters. The van der Waals surface area contributed by atoms with Crippen LogP contribution in [0.5, 0.6) is 0 Å². The number of halogens is 1. The second-order valence-electron chi connectivity index (χ2n) is 5.05. The monoisotopic (exact) mass is 358 g/mol. The van der Waals surface area contributed by atoms with E-state index in [0.717, 1.165) is 4.31 Å². The number of nitriles is 1. The van der Waals surface area contributed by atoms with Gasteiger partial charge in [0.15, 0.2) is 0 Å². The van der Waals surface area contributed by atoms with Crippen molar-refractivity contribution in [3.05, 3.63) is 59.9 Å². The maximum Gasteiger partial charge on any atom is 0.417 e. The lowest BCUT2D eigenvalue weighted by molar-refractivity contribution is 0.174. The van der Waals surface area contributed by atoms with Gasteiger partial charge in [-0.2, -0.15) is 5.26 Å². The first-order chi connectivity index (χ1) is 12.0. The molecule has 2 aromatic heterocycles. The minimum absolute atomic E-state index is 0.0562. The van der Waals surface area contributed by atoms with Gasteiger partial charge in [0.1, 0.15) is 17.6 Å². The Labute approximate surface area is 146 Å². The van der Waals surface area contributed by atoms with Gasteiger partial charge in [-0.15, -0.1) is 5.10 Å². The molecule has 8 nitrogen and oxygen atoms in total. The summed E-state index contributed by atoms with van der Waals surface area (Å²) in [7, 11) is 0. The van der Waals surface area contributed by atoms with Crippen LogP contribution in [0.25, 0.3) is 11.4 Å². The molecule has 10 heteroatoms. The molecule has 0 bridgehead atoms. The molecule has 0 saturated carbocycles. The van der Waals surface area contributed by atoms with Crippen molar-refractivity contribution in [3.8, 4) is 17.4 Å². The maximum absolute atomic E-state index is 14.4. The van der Waals surface area contributed by atoms with E-state index in [1.807, 2.05) is 6.07 Å². The van der Waals surface area contributed by atoms with E-state index in [0.29, 0.717) is 16.9 Å². The van der Waals surface area contributed by atoms with Gasteiger partial charge in [-0.25, -0.2) is 18.2 Å². The number of carboxylic acid groups (broad SMARTS) is 1. The van der Waals surface area contributed by atoms with E-state index >= 15 is 0 Å². The van der Waals surface area contributed by atoms with Crippen LogP contribution in [0.15, 0.2) is 42.9 Å². The van der Waals surface area contributed by atoms with Gasteiger partial charge in [0.2, 0.25) is 0 Å². The summed E-state index contributed by atoms with van der Waals surface area (Å²) in [6.07, 6.45) is 3.40. The van der Waals surface area contributed by atoms with Crippen molar-refractivity contribution in [2.75, 3.05) is 0 Å². The lowest BCUT2D eigenvalue weighted by atomic mass is 10.2. The van der Waals surface area contributed by atoms with Gasteiger partial charge < -0.3 is 9.67 Å². The van der Waals surface area contributed by atoms with E-state index in [9.17, 15) is 9.18 Å². The van der Waals surface area contributed by atoms with Gasteiger partial charge in [0.05, 0.1) is 29.7 Å². The fourth-order valence-corrected chi connectivity index (χ4v) is 2.32. The van der Waals surface area contributed by atoms with Crippen molar-refractivity contribution < 1.29 is 14.3 Å². The first-order valence-corrected chi connectivity index (χ1v) is 7.37. The Hall–Kier alpha value is -3.32. The summed E-state index contributed by atoms with van der Waals surface area (Å²) in [6, 6.07) is 8.03. The Kier molecular flexibility index (Phi) is 4.40. The summed E-state index contributed by atoms with van der Waals surface area (Å²) in [6.45, 7) is -0.0562. The highest BCUT2D eigenvalue weighted by molar-refractivity contribution is 7.78. The third kappa shape index (κ3) is 3.46. The van der Waals surface area contributed by atoms with Gasteiger partial charge in [0.25, 0.3) is 0 Å². The van der Waals surface area contributed by atoms with E-state index in [2.05, 4.69) is 23.1 Å². The van der Waals surface area contributed by atoms with Gasteiger partial charge in [-0.05, 0) is 18.2 Å². The summed E-state index contributed by atoms with van der Waals surface area (Å²) in [5.74, 6) is -0.504. The number of thiol groups is 1. The number of nitrogens with zero attached hydrogens (tertiary/aromatic N) is 6. The highest BCUT2D eigenvalue weighted by Crippen LogP contribution is 2.19. The molecule has 1 amide bonds. The molecule has 2 heterocycles. The second kappa shape index (κ2) is 6.66. The molecule has 0 aliphatic carbocycles. The molecule has 0 aliphatic rings. The molecule has 0 saturated heterocycles. The molecule has 3 rings (SSSR count). The van der Waals surface area contributed by atoms with Crippen LogP contribution in [0.4, 0.5) is 9.18 Å². The van der Waals surface area contributed by atoms with Crippen LogP contribution < -0.4 is 0 Å². The lowest BCUT2D eigenvalue weighted by Gasteiger charge is -2.08. The molecular weight excluding hydrogens is 347 g/mol. The quantitative estimate of drug-likeness (QED) is 0.698. The average molecular weight is 358 g/mol. The van der Waals surface area contributed by atoms with Gasteiger partial charge in [-0.3, -0.25) is 0 Å². The zero-order chi connectivity index (χ0) is 18.0. The standard InChI is InChI=1S/C15H11FN6O2S/c16-13-5-12(1-2-14(13)20-4-3-10(6-17)7-20)21-8-11(18-19-21)9-22(25)15(23)24/h1-5,7-8,25H,9H2,(H,23,24). The van der Waals surface area contributed by atoms with Crippen molar-refractivity contribution in [2.24, 2.45) is 0 Å². The van der Waals surface area contributed by atoms with Crippen LogP contribution in [-0.4, -0.2) is 35.1 Å². The summed E-state index contributed by atoms with van der Waals surface area (Å²) in [5, 5.41) is 25.3. The van der Waals surface area contributed by atoms with Crippen molar-refractivity contribution in [3.63, 3.8) is 0 Å². The third-order valence-corrected chi connectivity index (χ3v) is 3.68. The molecule has 1 aromatic carbocycles. The Bertz CT molecular complexity index is 977. The zero-order valence-electron chi connectivity index (χ0n) is 12.6. The average Bonchev–Trinajstić information content (AvgIpc) is 3.23. The summed E-state index contributed by atoms with van der Waals surface area (Å²) < 4.78 is 18.0. The highest BCUT2D eigenvalue weighted by Gasteiger charge is 2.12. The number of hydrogen-bond donors (Lipinski definition) is 2. The summed E-state index contributed by atoms with van der Waals surface area (Å²) in [4.78, 5) is 10.7. The largest absolute Gasteiger partial charge is 0.464 e.